The average Bonchev–Trinajstić information content (AvgIpc) is 3.16. The normalized spacial score (nSPS) is 11.8. The lowest BCUT2D eigenvalue weighted by molar-refractivity contribution is -0.138. The van der Waals surface area contributed by atoms with Crippen LogP contribution in [0.25, 0.3) is 10.7 Å². The van der Waals surface area contributed by atoms with E-state index in [1.54, 1.807) is 6.07 Å². The summed E-state index contributed by atoms with van der Waals surface area (Å²) in [5.41, 5.74) is -0.239. The molecule has 3 aromatic rings. The van der Waals surface area contributed by atoms with Crippen LogP contribution in [-0.4, -0.2) is 25.1 Å². The Morgan fingerprint density at radius 1 is 1.36 bits per heavy atom. The highest BCUT2D eigenvalue weighted by atomic mass is 32.1. The van der Waals surface area contributed by atoms with Crippen molar-refractivity contribution in [1.29, 1.82) is 0 Å². The van der Waals surface area contributed by atoms with Gasteiger partial charge in [-0.05, 0) is 0 Å². The Labute approximate surface area is 125 Å². The van der Waals surface area contributed by atoms with Crippen molar-refractivity contribution in [1.82, 2.24) is 25.1 Å². The Kier molecular flexibility index (Phi) is 3.56. The smallest absolute Gasteiger partial charge is 0.364 e. The van der Waals surface area contributed by atoms with Gasteiger partial charge in [-0.25, -0.2) is 0 Å². The van der Waals surface area contributed by atoms with E-state index >= 15 is 0 Å². The molecule has 0 amide bonds. The fourth-order valence-corrected chi connectivity index (χ4v) is 2.49. The standard InChI is InChI=1S/C11H9F3N6OS/c1-20-8(6(4-16-20)11(12,13)14)5-15-10-18-17-9(22-10)7-2-3-21-19-7/h2-4H,5H2,1H3,(H,15,18). The number of halogens is 3. The van der Waals surface area contributed by atoms with Crippen molar-refractivity contribution in [2.75, 3.05) is 5.32 Å². The molecule has 22 heavy (non-hydrogen) atoms. The molecule has 3 aromatic heterocycles. The monoisotopic (exact) mass is 330 g/mol. The van der Waals surface area contributed by atoms with Gasteiger partial charge in [-0.3, -0.25) is 4.68 Å². The summed E-state index contributed by atoms with van der Waals surface area (Å²) in [5.74, 6) is 0. The van der Waals surface area contributed by atoms with Crippen LogP contribution >= 0.6 is 11.3 Å². The highest BCUT2D eigenvalue weighted by molar-refractivity contribution is 7.18. The summed E-state index contributed by atoms with van der Waals surface area (Å²) in [5, 5.41) is 18.8. The zero-order valence-electron chi connectivity index (χ0n) is 11.1. The maximum Gasteiger partial charge on any atom is 0.419 e. The number of aromatic nitrogens is 5. The lowest BCUT2D eigenvalue weighted by Gasteiger charge is -2.09. The van der Waals surface area contributed by atoms with Crippen LogP contribution in [0.4, 0.5) is 18.3 Å². The van der Waals surface area contributed by atoms with Crippen LogP contribution in [0.5, 0.6) is 0 Å². The summed E-state index contributed by atoms with van der Waals surface area (Å²) < 4.78 is 44.4. The molecule has 0 aliphatic carbocycles. The second-order valence-corrected chi connectivity index (χ2v) is 5.25. The first-order valence-corrected chi connectivity index (χ1v) is 6.83. The van der Waals surface area contributed by atoms with E-state index in [0.717, 1.165) is 17.5 Å². The minimum Gasteiger partial charge on any atom is -0.364 e. The average molecular weight is 330 g/mol. The summed E-state index contributed by atoms with van der Waals surface area (Å²) in [6.45, 7) is -0.0706. The van der Waals surface area contributed by atoms with E-state index in [0.29, 0.717) is 15.8 Å². The molecule has 0 saturated carbocycles. The maximum absolute atomic E-state index is 12.9. The van der Waals surface area contributed by atoms with Crippen LogP contribution in [0.3, 0.4) is 0 Å². The summed E-state index contributed by atoms with van der Waals surface area (Å²) in [6, 6.07) is 1.62. The van der Waals surface area contributed by atoms with Crippen molar-refractivity contribution in [2.45, 2.75) is 12.7 Å². The molecule has 0 saturated heterocycles. The van der Waals surface area contributed by atoms with Crippen LogP contribution in [-0.2, 0) is 19.8 Å². The molecule has 0 radical (unpaired) electrons. The SMILES string of the molecule is Cn1ncc(C(F)(F)F)c1CNc1nnc(-c2ccon2)s1. The molecule has 0 unspecified atom stereocenters. The van der Waals surface area contributed by atoms with E-state index in [1.807, 2.05) is 0 Å². The Bertz CT molecular complexity index is 763. The lowest BCUT2D eigenvalue weighted by atomic mass is 10.2. The number of nitrogens with zero attached hydrogens (tertiary/aromatic N) is 5. The van der Waals surface area contributed by atoms with E-state index in [-0.39, 0.29) is 12.2 Å². The van der Waals surface area contributed by atoms with Gasteiger partial charge in [0.1, 0.15) is 12.0 Å². The first-order chi connectivity index (χ1) is 10.4. The van der Waals surface area contributed by atoms with Crippen LogP contribution in [0.15, 0.2) is 23.0 Å². The van der Waals surface area contributed by atoms with Gasteiger partial charge in [-0.2, -0.15) is 18.3 Å². The van der Waals surface area contributed by atoms with Gasteiger partial charge in [0, 0.05) is 13.1 Å². The maximum atomic E-state index is 12.9. The van der Waals surface area contributed by atoms with Crippen molar-refractivity contribution in [3.8, 4) is 10.7 Å². The molecule has 0 aliphatic rings. The van der Waals surface area contributed by atoms with E-state index in [9.17, 15) is 13.2 Å². The predicted octanol–water partition coefficient (Wildman–Crippen LogP) is 2.56. The third kappa shape index (κ3) is 2.79. The van der Waals surface area contributed by atoms with Gasteiger partial charge in [0.05, 0.1) is 24.0 Å². The van der Waals surface area contributed by atoms with Crippen molar-refractivity contribution in [3.05, 3.63) is 29.8 Å². The molecule has 0 aliphatic heterocycles. The van der Waals surface area contributed by atoms with Crippen molar-refractivity contribution >= 4 is 16.5 Å². The number of rotatable bonds is 4. The van der Waals surface area contributed by atoms with Crippen LogP contribution < -0.4 is 5.32 Å². The van der Waals surface area contributed by atoms with Gasteiger partial charge in [-0.15, -0.1) is 10.2 Å². The molecular formula is C11H9F3N6OS. The van der Waals surface area contributed by atoms with Crippen molar-refractivity contribution in [3.63, 3.8) is 0 Å². The van der Waals surface area contributed by atoms with E-state index in [1.165, 1.54) is 18.0 Å². The van der Waals surface area contributed by atoms with Gasteiger partial charge in [0.2, 0.25) is 5.13 Å². The molecule has 3 rings (SSSR count). The summed E-state index contributed by atoms with van der Waals surface area (Å²) in [6.07, 6.45) is -2.24. The number of hydrogen-bond acceptors (Lipinski definition) is 7. The number of aryl methyl sites for hydroxylation is 1. The van der Waals surface area contributed by atoms with E-state index in [2.05, 4.69) is 25.8 Å². The zero-order valence-corrected chi connectivity index (χ0v) is 11.9. The third-order valence-electron chi connectivity index (χ3n) is 2.86. The second-order valence-electron chi connectivity index (χ2n) is 4.28. The molecule has 0 atom stereocenters. The number of anilines is 1. The molecule has 11 heteroatoms. The van der Waals surface area contributed by atoms with Gasteiger partial charge in [-0.1, -0.05) is 16.5 Å². The molecule has 1 N–H and O–H groups in total. The first-order valence-electron chi connectivity index (χ1n) is 6.01. The Hall–Kier alpha value is -2.43. The number of hydrogen-bond donors (Lipinski definition) is 1. The molecule has 7 nitrogen and oxygen atoms in total. The second kappa shape index (κ2) is 5.40. The van der Waals surface area contributed by atoms with Crippen LogP contribution in [0.2, 0.25) is 0 Å². The Morgan fingerprint density at radius 3 is 2.86 bits per heavy atom. The summed E-state index contributed by atoms with van der Waals surface area (Å²) >= 11 is 1.16. The molecule has 0 bridgehead atoms. The quantitative estimate of drug-likeness (QED) is 0.792. The van der Waals surface area contributed by atoms with Crippen molar-refractivity contribution in [2.24, 2.45) is 7.05 Å². The molecule has 0 spiro atoms. The van der Waals surface area contributed by atoms with E-state index in [4.69, 9.17) is 4.52 Å². The van der Waals surface area contributed by atoms with Gasteiger partial charge in [0.25, 0.3) is 0 Å². The van der Waals surface area contributed by atoms with Crippen LogP contribution in [0, 0.1) is 0 Å². The minimum atomic E-state index is -4.45. The highest BCUT2D eigenvalue weighted by Gasteiger charge is 2.35. The number of nitrogens with one attached hydrogen (secondary N) is 1. The minimum absolute atomic E-state index is 0.0192. The fraction of sp³-hybridized carbons (Fsp3) is 0.273. The van der Waals surface area contributed by atoms with Crippen LogP contribution in [0.1, 0.15) is 11.3 Å². The Morgan fingerprint density at radius 2 is 2.18 bits per heavy atom. The zero-order chi connectivity index (χ0) is 15.7. The van der Waals surface area contributed by atoms with Gasteiger partial charge >= 0.3 is 6.18 Å². The molecular weight excluding hydrogens is 321 g/mol. The van der Waals surface area contributed by atoms with Crippen molar-refractivity contribution < 1.29 is 17.7 Å². The Balaban J connectivity index is 1.75. The molecule has 0 fully saturated rings. The largest absolute Gasteiger partial charge is 0.419 e. The highest BCUT2D eigenvalue weighted by Crippen LogP contribution is 2.32. The van der Waals surface area contributed by atoms with Gasteiger partial charge < -0.3 is 9.84 Å². The third-order valence-corrected chi connectivity index (χ3v) is 3.76. The predicted molar refractivity (Wildman–Crippen MR) is 70.9 cm³/mol. The molecule has 0 aromatic carbocycles. The first kappa shape index (κ1) is 14.5. The fourth-order valence-electron chi connectivity index (χ4n) is 1.79. The molecule has 116 valence electrons. The lowest BCUT2D eigenvalue weighted by Crippen LogP contribution is -2.13. The number of alkyl halides is 3. The van der Waals surface area contributed by atoms with Gasteiger partial charge in [0.15, 0.2) is 5.01 Å². The summed E-state index contributed by atoms with van der Waals surface area (Å²) in [4.78, 5) is 0. The topological polar surface area (TPSA) is 81.7 Å². The summed E-state index contributed by atoms with van der Waals surface area (Å²) in [7, 11) is 1.45. The molecule has 3 heterocycles. The van der Waals surface area contributed by atoms with E-state index < -0.39 is 11.7 Å².